The third-order valence-electron chi connectivity index (χ3n) is 4.68. The van der Waals surface area contributed by atoms with Gasteiger partial charge in [-0.25, -0.2) is 4.79 Å². The molecular weight excluding hydrogens is 278 g/mol. The average molecular weight is 303 g/mol. The molecule has 120 valence electrons. The van der Waals surface area contributed by atoms with Crippen molar-refractivity contribution < 1.29 is 14.3 Å². The summed E-state index contributed by atoms with van der Waals surface area (Å²) in [5.74, 6) is -0.242. The Hall–Kier alpha value is -1.39. The quantitative estimate of drug-likeness (QED) is 0.802. The van der Waals surface area contributed by atoms with Gasteiger partial charge >= 0.3 is 5.97 Å². The van der Waals surface area contributed by atoms with Gasteiger partial charge in [-0.2, -0.15) is 0 Å². The zero-order valence-corrected chi connectivity index (χ0v) is 13.5. The molecule has 2 atom stereocenters. The Morgan fingerprint density at radius 1 is 1.41 bits per heavy atom. The number of hydrogen-bond acceptors (Lipinski definition) is 4. The Balaban J connectivity index is 1.88. The van der Waals surface area contributed by atoms with E-state index in [9.17, 15) is 4.79 Å². The monoisotopic (exact) mass is 303 g/mol. The molecule has 1 aromatic carbocycles. The number of hydrogen-bond donors (Lipinski definition) is 0. The van der Waals surface area contributed by atoms with E-state index in [-0.39, 0.29) is 12.1 Å². The van der Waals surface area contributed by atoms with Crippen molar-refractivity contribution in [3.8, 4) is 0 Å². The second-order valence-corrected chi connectivity index (χ2v) is 6.07. The topological polar surface area (TPSA) is 38.8 Å². The van der Waals surface area contributed by atoms with Crippen molar-refractivity contribution in [2.75, 3.05) is 26.3 Å². The Kier molecular flexibility index (Phi) is 4.79. The molecule has 1 fully saturated rings. The first-order valence-electron chi connectivity index (χ1n) is 8.40. The van der Waals surface area contributed by atoms with Gasteiger partial charge in [0.1, 0.15) is 0 Å². The third kappa shape index (κ3) is 2.90. The summed E-state index contributed by atoms with van der Waals surface area (Å²) in [6.45, 7) is 7.37. The number of ether oxygens (including phenoxy) is 2. The van der Waals surface area contributed by atoms with E-state index < -0.39 is 0 Å². The minimum Gasteiger partial charge on any atom is -0.462 e. The SMILES string of the molecule is CCCN1CCOC2c3cc(C(=O)OCC)ccc3CCC21. The van der Waals surface area contributed by atoms with Crippen LogP contribution in [0.5, 0.6) is 0 Å². The highest BCUT2D eigenvalue weighted by atomic mass is 16.5. The van der Waals surface area contributed by atoms with E-state index >= 15 is 0 Å². The fourth-order valence-corrected chi connectivity index (χ4v) is 3.69. The van der Waals surface area contributed by atoms with Gasteiger partial charge in [0, 0.05) is 12.6 Å². The molecule has 3 rings (SSSR count). The molecule has 0 amide bonds. The Morgan fingerprint density at radius 2 is 2.27 bits per heavy atom. The molecular formula is C18H25NO3. The lowest BCUT2D eigenvalue weighted by atomic mass is 9.83. The first kappa shape index (κ1) is 15.5. The van der Waals surface area contributed by atoms with E-state index in [4.69, 9.17) is 9.47 Å². The van der Waals surface area contributed by atoms with Gasteiger partial charge in [0.05, 0.1) is 24.9 Å². The fourth-order valence-electron chi connectivity index (χ4n) is 3.69. The molecule has 1 saturated heterocycles. The Labute approximate surface area is 132 Å². The van der Waals surface area contributed by atoms with Crippen molar-refractivity contribution in [2.45, 2.75) is 45.3 Å². The van der Waals surface area contributed by atoms with Gasteiger partial charge < -0.3 is 9.47 Å². The van der Waals surface area contributed by atoms with Crippen LogP contribution < -0.4 is 0 Å². The zero-order chi connectivity index (χ0) is 15.5. The van der Waals surface area contributed by atoms with Crippen LogP contribution in [0.4, 0.5) is 0 Å². The molecule has 0 spiro atoms. The number of fused-ring (bicyclic) bond motifs is 3. The first-order chi connectivity index (χ1) is 10.7. The summed E-state index contributed by atoms with van der Waals surface area (Å²) in [4.78, 5) is 14.5. The van der Waals surface area contributed by atoms with E-state index in [2.05, 4.69) is 17.9 Å². The van der Waals surface area contributed by atoms with Crippen LogP contribution in [0.2, 0.25) is 0 Å². The Morgan fingerprint density at radius 3 is 3.05 bits per heavy atom. The molecule has 1 aromatic rings. The number of aryl methyl sites for hydroxylation is 1. The van der Waals surface area contributed by atoms with Gasteiger partial charge in [0.25, 0.3) is 0 Å². The maximum Gasteiger partial charge on any atom is 0.338 e. The molecule has 2 unspecified atom stereocenters. The van der Waals surface area contributed by atoms with Crippen LogP contribution in [0.25, 0.3) is 0 Å². The highest BCUT2D eigenvalue weighted by Gasteiger charge is 2.37. The molecule has 0 N–H and O–H groups in total. The number of rotatable bonds is 4. The predicted molar refractivity (Wildman–Crippen MR) is 85.1 cm³/mol. The lowest BCUT2D eigenvalue weighted by molar-refractivity contribution is -0.0801. The molecule has 0 aromatic heterocycles. The summed E-state index contributed by atoms with van der Waals surface area (Å²) in [6.07, 6.45) is 3.46. The van der Waals surface area contributed by atoms with E-state index in [0.29, 0.717) is 18.2 Å². The maximum absolute atomic E-state index is 12.0. The van der Waals surface area contributed by atoms with Gasteiger partial charge in [-0.3, -0.25) is 4.90 Å². The van der Waals surface area contributed by atoms with Crippen molar-refractivity contribution in [1.29, 1.82) is 0 Å². The standard InChI is InChI=1S/C18H25NO3/c1-3-9-19-10-11-22-17-15-12-14(18(20)21-4-2)6-5-13(15)7-8-16(17)19/h5-6,12,16-17H,3-4,7-11H2,1-2H3. The lowest BCUT2D eigenvalue weighted by Gasteiger charge is -2.44. The number of nitrogens with zero attached hydrogens (tertiary/aromatic N) is 1. The number of esters is 1. The second kappa shape index (κ2) is 6.80. The molecule has 22 heavy (non-hydrogen) atoms. The van der Waals surface area contributed by atoms with Gasteiger partial charge in [0.2, 0.25) is 0 Å². The summed E-state index contributed by atoms with van der Waals surface area (Å²) in [7, 11) is 0. The third-order valence-corrected chi connectivity index (χ3v) is 4.68. The maximum atomic E-state index is 12.0. The summed E-state index contributed by atoms with van der Waals surface area (Å²) < 4.78 is 11.2. The first-order valence-corrected chi connectivity index (χ1v) is 8.40. The molecule has 1 heterocycles. The van der Waals surface area contributed by atoms with Crippen molar-refractivity contribution in [3.05, 3.63) is 34.9 Å². The summed E-state index contributed by atoms with van der Waals surface area (Å²) in [5.41, 5.74) is 3.13. The highest BCUT2D eigenvalue weighted by Crippen LogP contribution is 2.38. The van der Waals surface area contributed by atoms with Crippen molar-refractivity contribution in [2.24, 2.45) is 0 Å². The van der Waals surface area contributed by atoms with Gasteiger partial charge in [-0.1, -0.05) is 13.0 Å². The van der Waals surface area contributed by atoms with Crippen LogP contribution in [0.15, 0.2) is 18.2 Å². The van der Waals surface area contributed by atoms with Crippen LogP contribution in [-0.2, 0) is 15.9 Å². The van der Waals surface area contributed by atoms with Crippen LogP contribution in [0.1, 0.15) is 54.3 Å². The summed E-state index contributed by atoms with van der Waals surface area (Å²) >= 11 is 0. The molecule has 0 bridgehead atoms. The van der Waals surface area contributed by atoms with E-state index in [1.807, 2.05) is 19.1 Å². The number of morpholine rings is 1. The van der Waals surface area contributed by atoms with E-state index in [0.717, 1.165) is 32.5 Å². The summed E-state index contributed by atoms with van der Waals surface area (Å²) in [5, 5.41) is 0. The van der Waals surface area contributed by atoms with Crippen LogP contribution in [0.3, 0.4) is 0 Å². The van der Waals surface area contributed by atoms with Crippen LogP contribution >= 0.6 is 0 Å². The smallest absolute Gasteiger partial charge is 0.338 e. The highest BCUT2D eigenvalue weighted by molar-refractivity contribution is 5.89. The van der Waals surface area contributed by atoms with E-state index in [1.54, 1.807) is 0 Å². The number of benzene rings is 1. The molecule has 0 radical (unpaired) electrons. The number of carbonyl (C=O) groups is 1. The molecule has 4 nitrogen and oxygen atoms in total. The van der Waals surface area contributed by atoms with Crippen molar-refractivity contribution in [3.63, 3.8) is 0 Å². The molecule has 1 aliphatic heterocycles. The molecule has 1 aliphatic carbocycles. The number of carbonyl (C=O) groups excluding carboxylic acids is 1. The molecule has 2 aliphatic rings. The van der Waals surface area contributed by atoms with Gasteiger partial charge in [-0.05, 0) is 56.0 Å². The average Bonchev–Trinajstić information content (AvgIpc) is 2.55. The molecule has 4 heteroatoms. The van der Waals surface area contributed by atoms with Gasteiger partial charge in [-0.15, -0.1) is 0 Å². The van der Waals surface area contributed by atoms with E-state index in [1.165, 1.54) is 17.5 Å². The summed E-state index contributed by atoms with van der Waals surface area (Å²) in [6, 6.07) is 6.38. The predicted octanol–water partition coefficient (Wildman–Crippen LogP) is 2.96. The van der Waals surface area contributed by atoms with Crippen molar-refractivity contribution in [1.82, 2.24) is 4.90 Å². The zero-order valence-electron chi connectivity index (χ0n) is 13.5. The molecule has 0 saturated carbocycles. The Bertz CT molecular complexity index is 541. The minimum atomic E-state index is -0.242. The van der Waals surface area contributed by atoms with Crippen LogP contribution in [-0.4, -0.2) is 43.2 Å². The largest absolute Gasteiger partial charge is 0.462 e. The minimum absolute atomic E-state index is 0.0958. The lowest BCUT2D eigenvalue weighted by Crippen LogP contribution is -2.49. The van der Waals surface area contributed by atoms with Crippen molar-refractivity contribution >= 4 is 5.97 Å². The van der Waals surface area contributed by atoms with Crippen LogP contribution in [0, 0.1) is 0 Å². The fraction of sp³-hybridized carbons (Fsp3) is 0.611. The van der Waals surface area contributed by atoms with Gasteiger partial charge in [0.15, 0.2) is 0 Å². The second-order valence-electron chi connectivity index (χ2n) is 6.07. The normalized spacial score (nSPS) is 24.5.